The van der Waals surface area contributed by atoms with Crippen LogP contribution in [0.3, 0.4) is 0 Å². The molecule has 0 unspecified atom stereocenters. The van der Waals surface area contributed by atoms with Gasteiger partial charge in [-0.15, -0.1) is 0 Å². The number of carbonyl (C=O) groups is 2. The SMILES string of the molecule is O=C1CS(=O)(=O)[C@@]2(C(=O)N(Cc3ccccc3Cl)c3ccccc32)N1c1ccccc1. The number of para-hydroxylation sites is 2. The van der Waals surface area contributed by atoms with Gasteiger partial charge in [0.25, 0.3) is 10.8 Å². The van der Waals surface area contributed by atoms with E-state index < -0.39 is 32.3 Å². The molecule has 1 spiro atoms. The molecule has 0 N–H and O–H groups in total. The number of carbonyl (C=O) groups excluding carboxylic acids is 2. The van der Waals surface area contributed by atoms with E-state index in [0.717, 1.165) is 4.90 Å². The molecule has 0 radical (unpaired) electrons. The van der Waals surface area contributed by atoms with Crippen molar-refractivity contribution in [1.29, 1.82) is 0 Å². The van der Waals surface area contributed by atoms with Gasteiger partial charge in [0, 0.05) is 16.3 Å². The van der Waals surface area contributed by atoms with Gasteiger partial charge in [0.2, 0.25) is 5.91 Å². The number of nitrogens with zero attached hydrogens (tertiary/aromatic N) is 2. The molecular formula is C23H17ClN2O4S. The lowest BCUT2D eigenvalue weighted by molar-refractivity contribution is -0.123. The predicted octanol–water partition coefficient (Wildman–Crippen LogP) is 3.50. The minimum atomic E-state index is -4.18. The highest BCUT2D eigenvalue weighted by Gasteiger charge is 2.69. The van der Waals surface area contributed by atoms with Crippen molar-refractivity contribution in [2.45, 2.75) is 11.4 Å². The first-order valence-electron chi connectivity index (χ1n) is 9.63. The van der Waals surface area contributed by atoms with Crippen LogP contribution in [0.2, 0.25) is 5.02 Å². The van der Waals surface area contributed by atoms with Crippen LogP contribution in [0, 0.1) is 0 Å². The van der Waals surface area contributed by atoms with Gasteiger partial charge in [-0.1, -0.05) is 66.2 Å². The summed E-state index contributed by atoms with van der Waals surface area (Å²) in [6, 6.07) is 22.2. The number of sulfone groups is 1. The third-order valence-electron chi connectivity index (χ3n) is 5.72. The third-order valence-corrected chi connectivity index (χ3v) is 8.20. The number of rotatable bonds is 3. The van der Waals surface area contributed by atoms with Crippen molar-refractivity contribution in [3.63, 3.8) is 0 Å². The molecule has 3 aromatic carbocycles. The number of amides is 2. The van der Waals surface area contributed by atoms with E-state index in [0.29, 0.717) is 22.0 Å². The van der Waals surface area contributed by atoms with Gasteiger partial charge in [-0.05, 0) is 29.8 Å². The Labute approximate surface area is 184 Å². The molecule has 156 valence electrons. The number of halogens is 1. The Bertz CT molecular complexity index is 1330. The second-order valence-electron chi connectivity index (χ2n) is 7.47. The topological polar surface area (TPSA) is 74.8 Å². The van der Waals surface area contributed by atoms with E-state index in [4.69, 9.17) is 11.6 Å². The van der Waals surface area contributed by atoms with Crippen LogP contribution < -0.4 is 9.80 Å². The van der Waals surface area contributed by atoms with Gasteiger partial charge in [0.1, 0.15) is 5.75 Å². The summed E-state index contributed by atoms with van der Waals surface area (Å²) < 4.78 is 27.0. The maximum Gasteiger partial charge on any atom is 0.274 e. The second-order valence-corrected chi connectivity index (χ2v) is 9.98. The van der Waals surface area contributed by atoms with Crippen LogP contribution in [0.5, 0.6) is 0 Å². The number of anilines is 2. The van der Waals surface area contributed by atoms with Gasteiger partial charge in [-0.3, -0.25) is 14.5 Å². The van der Waals surface area contributed by atoms with Crippen molar-refractivity contribution < 1.29 is 18.0 Å². The number of benzene rings is 3. The second kappa shape index (κ2) is 6.93. The Hall–Kier alpha value is -3.16. The highest BCUT2D eigenvalue weighted by atomic mass is 35.5. The molecule has 2 aliphatic heterocycles. The van der Waals surface area contributed by atoms with Crippen LogP contribution >= 0.6 is 11.6 Å². The van der Waals surface area contributed by atoms with Gasteiger partial charge < -0.3 is 4.90 Å². The van der Waals surface area contributed by atoms with E-state index in [9.17, 15) is 18.0 Å². The Morgan fingerprint density at radius 2 is 1.52 bits per heavy atom. The van der Waals surface area contributed by atoms with Gasteiger partial charge >= 0.3 is 0 Å². The molecule has 1 atom stereocenters. The number of hydrogen-bond donors (Lipinski definition) is 0. The molecule has 0 bridgehead atoms. The first-order chi connectivity index (χ1) is 14.9. The first kappa shape index (κ1) is 19.8. The van der Waals surface area contributed by atoms with E-state index in [1.165, 1.54) is 4.90 Å². The summed E-state index contributed by atoms with van der Waals surface area (Å²) in [6.07, 6.45) is 0. The Kier molecular flexibility index (Phi) is 4.42. The number of hydrogen-bond acceptors (Lipinski definition) is 4. The molecule has 5 rings (SSSR count). The fourth-order valence-corrected chi connectivity index (χ4v) is 6.65. The lowest BCUT2D eigenvalue weighted by atomic mass is 10.0. The van der Waals surface area contributed by atoms with Crippen molar-refractivity contribution in [3.8, 4) is 0 Å². The summed E-state index contributed by atoms with van der Waals surface area (Å²) in [4.78, 5) is 27.3. The Morgan fingerprint density at radius 3 is 2.26 bits per heavy atom. The molecule has 0 saturated carbocycles. The average Bonchev–Trinajstić information content (AvgIpc) is 3.13. The lowest BCUT2D eigenvalue weighted by Crippen LogP contribution is -2.54. The van der Waals surface area contributed by atoms with E-state index in [2.05, 4.69) is 0 Å². The van der Waals surface area contributed by atoms with Gasteiger partial charge in [-0.2, -0.15) is 0 Å². The molecule has 2 aliphatic rings. The van der Waals surface area contributed by atoms with Crippen molar-refractivity contribution in [1.82, 2.24) is 0 Å². The van der Waals surface area contributed by atoms with E-state index in [-0.39, 0.29) is 12.1 Å². The fourth-order valence-electron chi connectivity index (χ4n) is 4.42. The predicted molar refractivity (Wildman–Crippen MR) is 118 cm³/mol. The summed E-state index contributed by atoms with van der Waals surface area (Å²) in [5.74, 6) is -2.04. The van der Waals surface area contributed by atoms with Crippen LogP contribution in [0.25, 0.3) is 0 Å². The molecule has 8 heteroatoms. The van der Waals surface area contributed by atoms with Crippen molar-refractivity contribution in [2.24, 2.45) is 0 Å². The zero-order valence-electron chi connectivity index (χ0n) is 16.2. The molecule has 1 fully saturated rings. The lowest BCUT2D eigenvalue weighted by Gasteiger charge is -2.32. The summed E-state index contributed by atoms with van der Waals surface area (Å²) >= 11 is 6.31. The summed E-state index contributed by atoms with van der Waals surface area (Å²) in [6.45, 7) is 0.0869. The van der Waals surface area contributed by atoms with E-state index in [1.807, 2.05) is 0 Å². The van der Waals surface area contributed by atoms with Crippen molar-refractivity contribution in [2.75, 3.05) is 15.6 Å². The van der Waals surface area contributed by atoms with Crippen LogP contribution in [0.1, 0.15) is 11.1 Å². The average molecular weight is 453 g/mol. The van der Waals surface area contributed by atoms with Crippen LogP contribution in [-0.2, 0) is 30.8 Å². The summed E-state index contributed by atoms with van der Waals surface area (Å²) in [7, 11) is -4.18. The monoisotopic (exact) mass is 452 g/mol. The summed E-state index contributed by atoms with van der Waals surface area (Å²) in [5.41, 5.74) is 1.77. The maximum absolute atomic E-state index is 14.0. The minimum Gasteiger partial charge on any atom is -0.304 e. The molecule has 2 heterocycles. The zero-order chi connectivity index (χ0) is 21.8. The largest absolute Gasteiger partial charge is 0.304 e. The Morgan fingerprint density at radius 1 is 0.871 bits per heavy atom. The first-order valence-corrected chi connectivity index (χ1v) is 11.7. The fraction of sp³-hybridized carbons (Fsp3) is 0.130. The Balaban J connectivity index is 1.75. The molecule has 31 heavy (non-hydrogen) atoms. The van der Waals surface area contributed by atoms with Crippen LogP contribution in [-0.4, -0.2) is 26.0 Å². The van der Waals surface area contributed by atoms with Crippen molar-refractivity contribution >= 4 is 44.6 Å². The van der Waals surface area contributed by atoms with Gasteiger partial charge in [0.15, 0.2) is 9.84 Å². The molecular weight excluding hydrogens is 436 g/mol. The van der Waals surface area contributed by atoms with Crippen molar-refractivity contribution in [3.05, 3.63) is 95.0 Å². The third kappa shape index (κ3) is 2.66. The highest BCUT2D eigenvalue weighted by molar-refractivity contribution is 7.94. The normalized spacial score (nSPS) is 21.7. The molecule has 3 aromatic rings. The smallest absolute Gasteiger partial charge is 0.274 e. The van der Waals surface area contributed by atoms with Crippen LogP contribution in [0.15, 0.2) is 78.9 Å². The number of fused-ring (bicyclic) bond motifs is 2. The van der Waals surface area contributed by atoms with Crippen LogP contribution in [0.4, 0.5) is 11.4 Å². The molecule has 0 aromatic heterocycles. The molecule has 2 amide bonds. The van der Waals surface area contributed by atoms with E-state index >= 15 is 0 Å². The highest BCUT2D eigenvalue weighted by Crippen LogP contribution is 2.52. The standard InChI is InChI=1S/C23H17ClN2O4S/c24-19-12-6-4-8-16(19)14-25-20-13-7-5-11-18(20)23(22(25)28)26(17-9-2-1-3-10-17)21(27)15-31(23,29)30/h1-13H,14-15H2/t23-/m0/s1. The van der Waals surface area contributed by atoms with Gasteiger partial charge in [0.05, 0.1) is 12.2 Å². The molecule has 6 nitrogen and oxygen atoms in total. The van der Waals surface area contributed by atoms with Gasteiger partial charge in [-0.25, -0.2) is 8.42 Å². The quantitative estimate of drug-likeness (QED) is 0.609. The zero-order valence-corrected chi connectivity index (χ0v) is 17.8. The molecule has 0 aliphatic carbocycles. The maximum atomic E-state index is 14.0. The minimum absolute atomic E-state index is 0.0869. The molecule has 1 saturated heterocycles. The summed E-state index contributed by atoms with van der Waals surface area (Å²) in [5, 5.41) is 0.471. The van der Waals surface area contributed by atoms with E-state index in [1.54, 1.807) is 78.9 Å².